The number of fused-ring (bicyclic) bond motifs is 1. The van der Waals surface area contributed by atoms with Crippen LogP contribution in [0.1, 0.15) is 30.5 Å². The first kappa shape index (κ1) is 16.3. The molecular weight excluding hydrogens is 329 g/mol. The zero-order valence-electron chi connectivity index (χ0n) is 13.0. The fourth-order valence-corrected chi connectivity index (χ4v) is 3.54. The third-order valence-electron chi connectivity index (χ3n) is 4.05. The second-order valence-corrected chi connectivity index (χ2v) is 7.05. The van der Waals surface area contributed by atoms with E-state index in [0.717, 1.165) is 16.0 Å². The Hall–Kier alpha value is -1.58. The summed E-state index contributed by atoms with van der Waals surface area (Å²) in [5.74, 6) is -0.0263. The van der Waals surface area contributed by atoms with Crippen LogP contribution >= 0.6 is 23.8 Å². The lowest BCUT2D eigenvalue weighted by atomic mass is 9.94. The lowest BCUT2D eigenvalue weighted by Gasteiger charge is -2.17. The van der Waals surface area contributed by atoms with Crippen molar-refractivity contribution >= 4 is 34.4 Å². The van der Waals surface area contributed by atoms with Crippen molar-refractivity contribution in [2.45, 2.75) is 26.3 Å². The van der Waals surface area contributed by atoms with Crippen LogP contribution in [0.2, 0.25) is 5.02 Å². The molecule has 0 spiro atoms. The van der Waals surface area contributed by atoms with Gasteiger partial charge in [0.05, 0.1) is 11.8 Å². The lowest BCUT2D eigenvalue weighted by Crippen LogP contribution is -2.24. The number of thiocarbonyl (C=S) groups is 1. The maximum absolute atomic E-state index is 14.4. The smallest absolute Gasteiger partial charge is 0.132 e. The second-order valence-electron chi connectivity index (χ2n) is 6.09. The Balaban J connectivity index is 2.27. The summed E-state index contributed by atoms with van der Waals surface area (Å²) in [6, 6.07) is 12.3. The molecule has 1 atom stereocenters. The van der Waals surface area contributed by atoms with Gasteiger partial charge in [0, 0.05) is 27.4 Å². The third-order valence-corrected chi connectivity index (χ3v) is 4.67. The topological polar surface area (TPSA) is 12.4 Å². The van der Waals surface area contributed by atoms with Gasteiger partial charge in [0.15, 0.2) is 0 Å². The quantitative estimate of drug-likeness (QED) is 0.676. The molecule has 3 rings (SSSR count). The highest BCUT2D eigenvalue weighted by Crippen LogP contribution is 2.28. The first-order valence-corrected chi connectivity index (χ1v) is 8.40. The Morgan fingerprint density at radius 2 is 1.91 bits per heavy atom. The molecule has 0 saturated heterocycles. The highest BCUT2D eigenvalue weighted by atomic mass is 35.5. The molecule has 0 bridgehead atoms. The minimum atomic E-state index is -0.285. The van der Waals surface area contributed by atoms with Crippen molar-refractivity contribution in [1.82, 2.24) is 0 Å². The van der Waals surface area contributed by atoms with E-state index < -0.39 is 0 Å². The summed E-state index contributed by atoms with van der Waals surface area (Å²) >= 11 is 11.8. The van der Waals surface area contributed by atoms with E-state index in [9.17, 15) is 4.39 Å². The minimum Gasteiger partial charge on any atom is -0.275 e. The summed E-state index contributed by atoms with van der Waals surface area (Å²) in [5.41, 5.74) is 3.04. The van der Waals surface area contributed by atoms with Crippen LogP contribution in [0.5, 0.6) is 0 Å². The van der Waals surface area contributed by atoms with Gasteiger partial charge in [-0.15, -0.1) is 0 Å². The van der Waals surface area contributed by atoms with Crippen LogP contribution in [0, 0.1) is 11.7 Å². The molecule has 0 radical (unpaired) electrons. The van der Waals surface area contributed by atoms with Crippen molar-refractivity contribution in [1.29, 1.82) is 0 Å². The normalized spacial score (nSPS) is 17.7. The molecular formula is C19H17ClFNS. The molecule has 0 N–H and O–H groups in total. The molecule has 2 aromatic carbocycles. The van der Waals surface area contributed by atoms with Gasteiger partial charge < -0.3 is 0 Å². The van der Waals surface area contributed by atoms with Gasteiger partial charge in [0.25, 0.3) is 0 Å². The number of rotatable bonds is 2. The van der Waals surface area contributed by atoms with Crippen LogP contribution < -0.4 is 0 Å². The molecule has 23 heavy (non-hydrogen) atoms. The van der Waals surface area contributed by atoms with Crippen molar-refractivity contribution in [2.24, 2.45) is 10.9 Å². The van der Waals surface area contributed by atoms with Crippen LogP contribution in [0.25, 0.3) is 0 Å². The van der Waals surface area contributed by atoms with Gasteiger partial charge in [-0.3, -0.25) is 4.99 Å². The van der Waals surface area contributed by atoms with Crippen molar-refractivity contribution in [3.63, 3.8) is 0 Å². The van der Waals surface area contributed by atoms with Crippen LogP contribution in [-0.4, -0.2) is 16.6 Å². The molecule has 0 fully saturated rings. The molecule has 2 aromatic rings. The Morgan fingerprint density at radius 3 is 2.61 bits per heavy atom. The average molecular weight is 346 g/mol. The molecule has 0 saturated carbocycles. The summed E-state index contributed by atoms with van der Waals surface area (Å²) in [6.45, 7) is 4.17. The highest BCUT2D eigenvalue weighted by molar-refractivity contribution is 7.80. The molecule has 0 aliphatic carbocycles. The molecule has 1 heterocycles. The largest absolute Gasteiger partial charge is 0.275 e. The van der Waals surface area contributed by atoms with E-state index in [2.05, 4.69) is 13.8 Å². The van der Waals surface area contributed by atoms with E-state index in [1.54, 1.807) is 12.1 Å². The molecule has 1 nitrogen and oxygen atoms in total. The third kappa shape index (κ3) is 3.22. The highest BCUT2D eigenvalue weighted by Gasteiger charge is 2.26. The lowest BCUT2D eigenvalue weighted by molar-refractivity contribution is 0.597. The zero-order valence-corrected chi connectivity index (χ0v) is 14.6. The molecule has 118 valence electrons. The van der Waals surface area contributed by atoms with Gasteiger partial charge in [-0.25, -0.2) is 4.39 Å². The monoisotopic (exact) mass is 345 g/mol. The van der Waals surface area contributed by atoms with Crippen molar-refractivity contribution < 1.29 is 4.39 Å². The Morgan fingerprint density at radius 1 is 1.17 bits per heavy atom. The summed E-state index contributed by atoms with van der Waals surface area (Å²) < 4.78 is 14.4. The van der Waals surface area contributed by atoms with E-state index in [1.807, 2.05) is 24.3 Å². The molecule has 1 aliphatic rings. The van der Waals surface area contributed by atoms with Gasteiger partial charge in [-0.2, -0.15) is 0 Å². The summed E-state index contributed by atoms with van der Waals surface area (Å²) in [4.78, 5) is 5.73. The summed E-state index contributed by atoms with van der Waals surface area (Å²) in [6.07, 6.45) is 0.659. The molecule has 0 aromatic heterocycles. The molecule has 0 amide bonds. The fourth-order valence-electron chi connectivity index (χ4n) is 2.88. The van der Waals surface area contributed by atoms with E-state index in [1.165, 1.54) is 6.07 Å². The molecule has 4 heteroatoms. The van der Waals surface area contributed by atoms with E-state index in [-0.39, 0.29) is 17.8 Å². The number of nitrogens with zero attached hydrogens (tertiary/aromatic N) is 1. The predicted octanol–water partition coefficient (Wildman–Crippen LogP) is 5.27. The van der Waals surface area contributed by atoms with Crippen LogP contribution in [0.4, 0.5) is 4.39 Å². The number of hydrogen-bond donors (Lipinski definition) is 0. The summed E-state index contributed by atoms with van der Waals surface area (Å²) in [5, 5.41) is 0.613. The number of halogens is 2. The Labute approximate surface area is 146 Å². The van der Waals surface area contributed by atoms with Crippen LogP contribution in [0.15, 0.2) is 47.5 Å². The van der Waals surface area contributed by atoms with Crippen molar-refractivity contribution in [3.8, 4) is 0 Å². The van der Waals surface area contributed by atoms with Crippen LogP contribution in [0.3, 0.4) is 0 Å². The Kier molecular flexibility index (Phi) is 4.60. The van der Waals surface area contributed by atoms with E-state index in [4.69, 9.17) is 28.8 Å². The second kappa shape index (κ2) is 6.50. The Bertz CT molecular complexity index is 798. The SMILES string of the molecule is CC(C)[C@H]1N=C(c2ccccc2F)c2cc(Cl)ccc2CC1=S. The van der Waals surface area contributed by atoms with Crippen molar-refractivity contribution in [2.75, 3.05) is 0 Å². The average Bonchev–Trinajstić information content (AvgIpc) is 2.64. The number of aliphatic imine (C=N–C) groups is 1. The van der Waals surface area contributed by atoms with Gasteiger partial charge in [-0.1, -0.05) is 55.9 Å². The molecule has 1 aliphatic heterocycles. The number of hydrogen-bond acceptors (Lipinski definition) is 2. The van der Waals surface area contributed by atoms with Crippen molar-refractivity contribution in [3.05, 3.63) is 70.0 Å². The maximum Gasteiger partial charge on any atom is 0.132 e. The predicted molar refractivity (Wildman–Crippen MR) is 98.4 cm³/mol. The van der Waals surface area contributed by atoms with Gasteiger partial charge in [0.2, 0.25) is 0 Å². The summed E-state index contributed by atoms with van der Waals surface area (Å²) in [7, 11) is 0. The van der Waals surface area contributed by atoms with Gasteiger partial charge in [-0.05, 0) is 35.7 Å². The fraction of sp³-hybridized carbons (Fsp3) is 0.263. The maximum atomic E-state index is 14.4. The zero-order chi connectivity index (χ0) is 16.6. The minimum absolute atomic E-state index is 0.106. The van der Waals surface area contributed by atoms with Gasteiger partial charge in [0.1, 0.15) is 5.82 Å². The van der Waals surface area contributed by atoms with E-state index in [0.29, 0.717) is 22.7 Å². The van der Waals surface area contributed by atoms with Gasteiger partial charge >= 0.3 is 0 Å². The van der Waals surface area contributed by atoms with E-state index >= 15 is 0 Å². The van der Waals surface area contributed by atoms with Crippen LogP contribution in [-0.2, 0) is 6.42 Å². The number of benzene rings is 2. The first-order chi connectivity index (χ1) is 11.0. The first-order valence-electron chi connectivity index (χ1n) is 7.61. The standard InChI is InChI=1S/C19H17ClFNS/c1-11(2)18-17(23)9-12-7-8-13(20)10-15(12)19(22-18)14-5-3-4-6-16(14)21/h3-8,10-11,18H,9H2,1-2H3/t18-/m1/s1. The molecule has 0 unspecified atom stereocenters.